The summed E-state index contributed by atoms with van der Waals surface area (Å²) in [5, 5.41) is 8.12. The predicted molar refractivity (Wildman–Crippen MR) is 102 cm³/mol. The van der Waals surface area contributed by atoms with Gasteiger partial charge in [0.25, 0.3) is 0 Å². The highest BCUT2D eigenvalue weighted by Gasteiger charge is 2.10. The van der Waals surface area contributed by atoms with E-state index in [-0.39, 0.29) is 0 Å². The Morgan fingerprint density at radius 2 is 1.28 bits per heavy atom. The molecule has 122 valence electrons. The molecule has 0 aliphatic carbocycles. The molecule has 0 radical (unpaired) electrons. The predicted octanol–water partition coefficient (Wildman–Crippen LogP) is 5.22. The highest BCUT2D eigenvalue weighted by Crippen LogP contribution is 2.32. The topological polar surface area (TPSA) is 30.7 Å². The maximum absolute atomic E-state index is 4.17. The van der Waals surface area contributed by atoms with Crippen molar-refractivity contribution in [2.24, 2.45) is 0 Å². The molecule has 3 aromatic carbocycles. The first-order chi connectivity index (χ1) is 12.2. The molecule has 0 aliphatic heterocycles. The number of hydrogen-bond donors (Lipinski definition) is 0. The Bertz CT molecular complexity index is 983. The molecule has 4 rings (SSSR count). The third-order valence-electron chi connectivity index (χ3n) is 4.41. The fourth-order valence-corrected chi connectivity index (χ4v) is 2.96. The lowest BCUT2D eigenvalue weighted by molar-refractivity contribution is 0.804. The zero-order valence-corrected chi connectivity index (χ0v) is 14.3. The average Bonchev–Trinajstić information content (AvgIpc) is 3.17. The summed E-state index contributed by atoms with van der Waals surface area (Å²) in [4.78, 5) is 0. The van der Waals surface area contributed by atoms with E-state index in [1.165, 1.54) is 27.8 Å². The van der Waals surface area contributed by atoms with E-state index in [9.17, 15) is 0 Å². The Hall–Kier alpha value is -3.20. The van der Waals surface area contributed by atoms with Crippen molar-refractivity contribution in [2.45, 2.75) is 13.8 Å². The molecule has 0 atom stereocenters. The van der Waals surface area contributed by atoms with Crippen LogP contribution >= 0.6 is 0 Å². The summed E-state index contributed by atoms with van der Waals surface area (Å²) in [5.74, 6) is 0. The van der Waals surface area contributed by atoms with Gasteiger partial charge >= 0.3 is 0 Å². The van der Waals surface area contributed by atoms with Gasteiger partial charge in [0, 0.05) is 5.56 Å². The standard InChI is InChI=1S/C22H19N3/c1-16-3-7-18(8-4-16)20-11-12-22(25-14-13-23-24-25)21(15-20)19-9-5-17(2)6-10-19/h3-15H,1-2H3. The van der Waals surface area contributed by atoms with Crippen LogP contribution in [0, 0.1) is 13.8 Å². The van der Waals surface area contributed by atoms with E-state index >= 15 is 0 Å². The Balaban J connectivity index is 1.89. The molecule has 3 nitrogen and oxygen atoms in total. The summed E-state index contributed by atoms with van der Waals surface area (Å²) >= 11 is 0. The van der Waals surface area contributed by atoms with Crippen LogP contribution in [0.3, 0.4) is 0 Å². The number of rotatable bonds is 3. The molecule has 0 saturated carbocycles. The van der Waals surface area contributed by atoms with Gasteiger partial charge in [0.05, 0.1) is 18.1 Å². The number of nitrogens with zero attached hydrogens (tertiary/aromatic N) is 3. The minimum absolute atomic E-state index is 1.03. The lowest BCUT2D eigenvalue weighted by Crippen LogP contribution is -1.98. The van der Waals surface area contributed by atoms with Gasteiger partial charge < -0.3 is 0 Å². The lowest BCUT2D eigenvalue weighted by Gasteiger charge is -2.13. The first kappa shape index (κ1) is 15.3. The largest absolute Gasteiger partial charge is 0.220 e. The van der Waals surface area contributed by atoms with Crippen molar-refractivity contribution in [1.29, 1.82) is 0 Å². The highest BCUT2D eigenvalue weighted by molar-refractivity contribution is 5.79. The first-order valence-electron chi connectivity index (χ1n) is 8.35. The van der Waals surface area contributed by atoms with Crippen molar-refractivity contribution in [3.8, 4) is 27.9 Å². The van der Waals surface area contributed by atoms with Crippen LogP contribution in [-0.2, 0) is 0 Å². The quantitative estimate of drug-likeness (QED) is 0.517. The van der Waals surface area contributed by atoms with E-state index in [2.05, 4.69) is 90.9 Å². The molecular formula is C22H19N3. The van der Waals surface area contributed by atoms with Crippen molar-refractivity contribution >= 4 is 0 Å². The SMILES string of the molecule is Cc1ccc(-c2ccc(-n3ccnn3)c(-c3ccc(C)cc3)c2)cc1. The fourth-order valence-electron chi connectivity index (χ4n) is 2.96. The molecule has 0 saturated heterocycles. The molecule has 0 spiro atoms. The summed E-state index contributed by atoms with van der Waals surface area (Å²) in [6.07, 6.45) is 3.57. The molecule has 0 aliphatic rings. The van der Waals surface area contributed by atoms with Gasteiger partial charge in [-0.2, -0.15) is 0 Å². The van der Waals surface area contributed by atoms with Gasteiger partial charge in [-0.3, -0.25) is 0 Å². The molecule has 0 amide bonds. The number of hydrogen-bond acceptors (Lipinski definition) is 2. The minimum atomic E-state index is 1.03. The zero-order valence-electron chi connectivity index (χ0n) is 14.3. The van der Waals surface area contributed by atoms with Gasteiger partial charge in [-0.15, -0.1) is 5.10 Å². The molecule has 1 aromatic heterocycles. The van der Waals surface area contributed by atoms with Gasteiger partial charge in [-0.1, -0.05) is 70.9 Å². The molecule has 0 unspecified atom stereocenters. The molecule has 25 heavy (non-hydrogen) atoms. The molecule has 0 N–H and O–H groups in total. The Labute approximate surface area is 147 Å². The van der Waals surface area contributed by atoms with Crippen LogP contribution in [0.2, 0.25) is 0 Å². The third-order valence-corrected chi connectivity index (χ3v) is 4.41. The van der Waals surface area contributed by atoms with E-state index in [0.29, 0.717) is 0 Å². The molecule has 0 fully saturated rings. The molecule has 3 heteroatoms. The maximum Gasteiger partial charge on any atom is 0.0742 e. The fraction of sp³-hybridized carbons (Fsp3) is 0.0909. The zero-order chi connectivity index (χ0) is 17.2. The van der Waals surface area contributed by atoms with Crippen molar-refractivity contribution in [1.82, 2.24) is 15.0 Å². The lowest BCUT2D eigenvalue weighted by atomic mass is 9.96. The van der Waals surface area contributed by atoms with Crippen LogP contribution in [-0.4, -0.2) is 15.0 Å². The van der Waals surface area contributed by atoms with Crippen molar-refractivity contribution < 1.29 is 0 Å². The van der Waals surface area contributed by atoms with Crippen LogP contribution < -0.4 is 0 Å². The van der Waals surface area contributed by atoms with E-state index in [4.69, 9.17) is 0 Å². The van der Waals surface area contributed by atoms with Crippen LogP contribution in [0.25, 0.3) is 27.9 Å². The van der Waals surface area contributed by atoms with Crippen LogP contribution in [0.4, 0.5) is 0 Å². The van der Waals surface area contributed by atoms with E-state index in [1.807, 2.05) is 10.9 Å². The second kappa shape index (κ2) is 6.36. The Morgan fingerprint density at radius 3 is 1.88 bits per heavy atom. The van der Waals surface area contributed by atoms with Crippen LogP contribution in [0.1, 0.15) is 11.1 Å². The van der Waals surface area contributed by atoms with E-state index in [0.717, 1.165) is 11.3 Å². The summed E-state index contributed by atoms with van der Waals surface area (Å²) in [5.41, 5.74) is 8.26. The van der Waals surface area contributed by atoms with Gasteiger partial charge in [-0.05, 0) is 42.7 Å². The van der Waals surface area contributed by atoms with E-state index in [1.54, 1.807) is 6.20 Å². The Morgan fingerprint density at radius 1 is 0.680 bits per heavy atom. The summed E-state index contributed by atoms with van der Waals surface area (Å²) in [6.45, 7) is 4.21. The smallest absolute Gasteiger partial charge is 0.0742 e. The first-order valence-corrected chi connectivity index (χ1v) is 8.35. The van der Waals surface area contributed by atoms with Crippen molar-refractivity contribution in [3.05, 3.63) is 90.3 Å². The second-order valence-electron chi connectivity index (χ2n) is 6.31. The van der Waals surface area contributed by atoms with Gasteiger partial charge in [0.1, 0.15) is 0 Å². The number of benzene rings is 3. The Kier molecular flexibility index (Phi) is 3.90. The van der Waals surface area contributed by atoms with Crippen molar-refractivity contribution in [2.75, 3.05) is 0 Å². The number of aryl methyl sites for hydroxylation is 2. The minimum Gasteiger partial charge on any atom is -0.220 e. The summed E-state index contributed by atoms with van der Waals surface area (Å²) in [6, 6.07) is 23.7. The molecule has 4 aromatic rings. The van der Waals surface area contributed by atoms with E-state index < -0.39 is 0 Å². The second-order valence-corrected chi connectivity index (χ2v) is 6.31. The summed E-state index contributed by atoms with van der Waals surface area (Å²) in [7, 11) is 0. The average molecular weight is 325 g/mol. The third kappa shape index (κ3) is 3.09. The van der Waals surface area contributed by atoms with Gasteiger partial charge in [0.15, 0.2) is 0 Å². The monoisotopic (exact) mass is 325 g/mol. The molecule has 0 bridgehead atoms. The van der Waals surface area contributed by atoms with Gasteiger partial charge in [-0.25, -0.2) is 4.68 Å². The highest BCUT2D eigenvalue weighted by atomic mass is 15.4. The van der Waals surface area contributed by atoms with Crippen LogP contribution in [0.15, 0.2) is 79.1 Å². The van der Waals surface area contributed by atoms with Crippen LogP contribution in [0.5, 0.6) is 0 Å². The molecule has 1 heterocycles. The normalized spacial score (nSPS) is 10.8. The van der Waals surface area contributed by atoms with Crippen molar-refractivity contribution in [3.63, 3.8) is 0 Å². The maximum atomic E-state index is 4.17. The van der Waals surface area contributed by atoms with Gasteiger partial charge in [0.2, 0.25) is 0 Å². The summed E-state index contributed by atoms with van der Waals surface area (Å²) < 4.78 is 1.81. The number of aromatic nitrogens is 3. The molecular weight excluding hydrogens is 306 g/mol.